The Bertz CT molecular complexity index is 390. The summed E-state index contributed by atoms with van der Waals surface area (Å²) >= 11 is 5.84. The van der Waals surface area contributed by atoms with Gasteiger partial charge in [-0.15, -0.1) is 11.6 Å². The molecule has 2 aliphatic rings. The van der Waals surface area contributed by atoms with Crippen molar-refractivity contribution in [1.82, 2.24) is 4.90 Å². The van der Waals surface area contributed by atoms with Gasteiger partial charge < -0.3 is 4.90 Å². The minimum absolute atomic E-state index is 0.608. The second kappa shape index (κ2) is 5.50. The molecule has 2 fully saturated rings. The molecular formula is C15H21ClN2. The third kappa shape index (κ3) is 2.50. The SMILES string of the molecule is ClCc1ccc(N2CCN3CCCCC3C2)cc1. The van der Waals surface area contributed by atoms with E-state index in [1.165, 1.54) is 50.1 Å². The summed E-state index contributed by atoms with van der Waals surface area (Å²) < 4.78 is 0. The van der Waals surface area contributed by atoms with E-state index in [1.807, 2.05) is 0 Å². The molecular weight excluding hydrogens is 244 g/mol. The van der Waals surface area contributed by atoms with Crippen LogP contribution < -0.4 is 4.90 Å². The smallest absolute Gasteiger partial charge is 0.0474 e. The van der Waals surface area contributed by atoms with E-state index in [9.17, 15) is 0 Å². The van der Waals surface area contributed by atoms with Crippen LogP contribution in [0.1, 0.15) is 24.8 Å². The summed E-state index contributed by atoms with van der Waals surface area (Å²) in [6.07, 6.45) is 4.16. The lowest BCUT2D eigenvalue weighted by molar-refractivity contribution is 0.133. The summed E-state index contributed by atoms with van der Waals surface area (Å²) in [4.78, 5) is 5.21. The van der Waals surface area contributed by atoms with Crippen LogP contribution in [0.5, 0.6) is 0 Å². The number of piperidine rings is 1. The number of hydrogen-bond donors (Lipinski definition) is 0. The molecule has 1 atom stereocenters. The number of nitrogens with zero attached hydrogens (tertiary/aromatic N) is 2. The van der Waals surface area contributed by atoms with Crippen molar-refractivity contribution >= 4 is 17.3 Å². The third-order valence-electron chi connectivity index (χ3n) is 4.29. The average Bonchev–Trinajstić information content (AvgIpc) is 2.47. The average molecular weight is 265 g/mol. The van der Waals surface area contributed by atoms with Gasteiger partial charge in [-0.1, -0.05) is 18.6 Å². The molecule has 2 heterocycles. The molecule has 1 aromatic carbocycles. The molecule has 0 amide bonds. The second-order valence-corrected chi connectivity index (χ2v) is 5.70. The highest BCUT2D eigenvalue weighted by Gasteiger charge is 2.28. The molecule has 0 aliphatic carbocycles. The molecule has 0 N–H and O–H groups in total. The predicted octanol–water partition coefficient (Wildman–Crippen LogP) is 3.10. The monoisotopic (exact) mass is 264 g/mol. The van der Waals surface area contributed by atoms with Crippen LogP contribution in [0, 0.1) is 0 Å². The molecule has 3 heteroatoms. The summed E-state index contributed by atoms with van der Waals surface area (Å²) in [6.45, 7) is 4.89. The Labute approximate surface area is 115 Å². The van der Waals surface area contributed by atoms with Gasteiger partial charge >= 0.3 is 0 Å². The molecule has 0 aromatic heterocycles. The molecule has 2 nitrogen and oxygen atoms in total. The van der Waals surface area contributed by atoms with E-state index in [2.05, 4.69) is 34.1 Å². The van der Waals surface area contributed by atoms with Crippen LogP contribution in [0.2, 0.25) is 0 Å². The Kier molecular flexibility index (Phi) is 3.76. The van der Waals surface area contributed by atoms with Gasteiger partial charge in [-0.05, 0) is 37.1 Å². The van der Waals surface area contributed by atoms with Crippen molar-refractivity contribution in [2.45, 2.75) is 31.2 Å². The Morgan fingerprint density at radius 3 is 2.67 bits per heavy atom. The van der Waals surface area contributed by atoms with Crippen LogP contribution in [-0.4, -0.2) is 37.1 Å². The van der Waals surface area contributed by atoms with E-state index >= 15 is 0 Å². The first-order valence-electron chi connectivity index (χ1n) is 7.01. The number of anilines is 1. The standard InChI is InChI=1S/C15H21ClN2/c16-11-13-4-6-14(7-5-13)18-10-9-17-8-2-1-3-15(17)12-18/h4-7,15H,1-3,8-12H2. The number of piperazine rings is 1. The highest BCUT2D eigenvalue weighted by atomic mass is 35.5. The van der Waals surface area contributed by atoms with Crippen LogP contribution >= 0.6 is 11.6 Å². The van der Waals surface area contributed by atoms with Gasteiger partial charge in [-0.3, -0.25) is 4.90 Å². The summed E-state index contributed by atoms with van der Waals surface area (Å²) in [5.74, 6) is 0.608. The minimum atomic E-state index is 0.608. The van der Waals surface area contributed by atoms with Gasteiger partial charge in [0.15, 0.2) is 0 Å². The highest BCUT2D eigenvalue weighted by molar-refractivity contribution is 6.17. The second-order valence-electron chi connectivity index (χ2n) is 5.43. The van der Waals surface area contributed by atoms with Crippen molar-refractivity contribution in [1.29, 1.82) is 0 Å². The summed E-state index contributed by atoms with van der Waals surface area (Å²) in [5.41, 5.74) is 2.56. The zero-order valence-electron chi connectivity index (χ0n) is 10.8. The van der Waals surface area contributed by atoms with Gasteiger partial charge in [0, 0.05) is 37.2 Å². The maximum absolute atomic E-state index is 5.84. The van der Waals surface area contributed by atoms with Gasteiger partial charge in [-0.25, -0.2) is 0 Å². The lowest BCUT2D eigenvalue weighted by Crippen LogP contribution is -2.54. The molecule has 2 aliphatic heterocycles. The number of hydrogen-bond acceptors (Lipinski definition) is 2. The summed E-state index contributed by atoms with van der Waals surface area (Å²) in [5, 5.41) is 0. The molecule has 18 heavy (non-hydrogen) atoms. The van der Waals surface area contributed by atoms with Crippen LogP contribution in [0.15, 0.2) is 24.3 Å². The molecule has 0 saturated carbocycles. The van der Waals surface area contributed by atoms with Crippen LogP contribution in [0.4, 0.5) is 5.69 Å². The number of benzene rings is 1. The summed E-state index contributed by atoms with van der Waals surface area (Å²) in [7, 11) is 0. The zero-order chi connectivity index (χ0) is 12.4. The van der Waals surface area contributed by atoms with Crippen LogP contribution in [0.25, 0.3) is 0 Å². The molecule has 0 spiro atoms. The topological polar surface area (TPSA) is 6.48 Å². The van der Waals surface area contributed by atoms with E-state index in [1.54, 1.807) is 0 Å². The maximum Gasteiger partial charge on any atom is 0.0474 e. The fourth-order valence-corrected chi connectivity index (χ4v) is 3.36. The largest absolute Gasteiger partial charge is 0.369 e. The van der Waals surface area contributed by atoms with E-state index in [-0.39, 0.29) is 0 Å². The first kappa shape index (κ1) is 12.3. The van der Waals surface area contributed by atoms with Crippen molar-refractivity contribution in [2.24, 2.45) is 0 Å². The molecule has 1 aromatic rings. The van der Waals surface area contributed by atoms with Gasteiger partial charge in [-0.2, -0.15) is 0 Å². The normalized spacial score (nSPS) is 24.9. The van der Waals surface area contributed by atoms with Gasteiger partial charge in [0.1, 0.15) is 0 Å². The first-order valence-corrected chi connectivity index (χ1v) is 7.54. The van der Waals surface area contributed by atoms with Crippen molar-refractivity contribution in [3.05, 3.63) is 29.8 Å². The number of rotatable bonds is 2. The number of alkyl halides is 1. The maximum atomic E-state index is 5.84. The lowest BCUT2D eigenvalue weighted by Gasteiger charge is -2.45. The van der Waals surface area contributed by atoms with Gasteiger partial charge in [0.05, 0.1) is 0 Å². The Hall–Kier alpha value is -0.730. The van der Waals surface area contributed by atoms with Crippen LogP contribution in [-0.2, 0) is 5.88 Å². The van der Waals surface area contributed by atoms with Crippen molar-refractivity contribution in [3.8, 4) is 0 Å². The Morgan fingerprint density at radius 1 is 1.06 bits per heavy atom. The van der Waals surface area contributed by atoms with E-state index < -0.39 is 0 Å². The molecule has 0 bridgehead atoms. The van der Waals surface area contributed by atoms with E-state index in [0.717, 1.165) is 12.6 Å². The lowest BCUT2D eigenvalue weighted by atomic mass is 9.99. The predicted molar refractivity (Wildman–Crippen MR) is 77.4 cm³/mol. The molecule has 3 rings (SSSR count). The van der Waals surface area contributed by atoms with Gasteiger partial charge in [0.25, 0.3) is 0 Å². The zero-order valence-corrected chi connectivity index (χ0v) is 11.6. The van der Waals surface area contributed by atoms with E-state index in [4.69, 9.17) is 11.6 Å². The fraction of sp³-hybridized carbons (Fsp3) is 0.600. The molecule has 2 saturated heterocycles. The number of fused-ring (bicyclic) bond motifs is 1. The van der Waals surface area contributed by atoms with Crippen molar-refractivity contribution in [3.63, 3.8) is 0 Å². The van der Waals surface area contributed by atoms with Gasteiger partial charge in [0.2, 0.25) is 0 Å². The molecule has 98 valence electrons. The highest BCUT2D eigenvalue weighted by Crippen LogP contribution is 2.25. The quantitative estimate of drug-likeness (QED) is 0.758. The van der Waals surface area contributed by atoms with Crippen LogP contribution in [0.3, 0.4) is 0 Å². The molecule has 0 radical (unpaired) electrons. The molecule has 1 unspecified atom stereocenters. The Balaban J connectivity index is 1.69. The first-order chi connectivity index (χ1) is 8.86. The van der Waals surface area contributed by atoms with Crippen molar-refractivity contribution in [2.75, 3.05) is 31.1 Å². The number of halogens is 1. The Morgan fingerprint density at radius 2 is 1.89 bits per heavy atom. The summed E-state index contributed by atoms with van der Waals surface area (Å²) in [6, 6.07) is 9.51. The van der Waals surface area contributed by atoms with E-state index in [0.29, 0.717) is 5.88 Å². The minimum Gasteiger partial charge on any atom is -0.369 e. The van der Waals surface area contributed by atoms with Crippen molar-refractivity contribution < 1.29 is 0 Å². The fourth-order valence-electron chi connectivity index (χ4n) is 3.19. The third-order valence-corrected chi connectivity index (χ3v) is 4.60.